The fourth-order valence-electron chi connectivity index (χ4n) is 12.2. The van der Waals surface area contributed by atoms with Crippen molar-refractivity contribution in [1.29, 1.82) is 0 Å². The van der Waals surface area contributed by atoms with Gasteiger partial charge < -0.3 is 14.2 Å². The molecule has 11 rings (SSSR count). The number of halogens is 3. The van der Waals surface area contributed by atoms with Gasteiger partial charge in [0.2, 0.25) is 0 Å². The Kier molecular flexibility index (Phi) is 12.9. The Morgan fingerprint density at radius 1 is 0.635 bits per heavy atom. The molecule has 7 heteroatoms. The van der Waals surface area contributed by atoms with Crippen LogP contribution in [0.15, 0.2) is 164 Å². The number of fused-ring (bicyclic) bond motifs is 8. The van der Waals surface area contributed by atoms with Crippen LogP contribution >= 0.6 is 0 Å². The van der Waals surface area contributed by atoms with Gasteiger partial charge in [-0.2, -0.15) is 13.2 Å². The van der Waals surface area contributed by atoms with E-state index >= 15 is 0 Å². The summed E-state index contributed by atoms with van der Waals surface area (Å²) in [5.41, 5.74) is 10.4. The topological polar surface area (TPSA) is 44.8 Å². The second-order valence-electron chi connectivity index (χ2n) is 21.1. The molecule has 0 amide bonds. The molecule has 0 atom stereocenters. The largest absolute Gasteiger partial charge is 0.497 e. The Bertz CT molecular complexity index is 3350. The lowest BCUT2D eigenvalue weighted by molar-refractivity contribution is -0.137. The van der Waals surface area contributed by atoms with E-state index in [4.69, 9.17) is 14.2 Å². The first-order valence-electron chi connectivity index (χ1n) is 26.2. The van der Waals surface area contributed by atoms with Gasteiger partial charge in [-0.3, -0.25) is 4.79 Å². The summed E-state index contributed by atoms with van der Waals surface area (Å²) in [7, 11) is 3.21. The lowest BCUT2D eigenvalue weighted by Crippen LogP contribution is -2.35. The molecule has 0 spiro atoms. The number of benzene rings is 8. The van der Waals surface area contributed by atoms with Crippen molar-refractivity contribution in [2.45, 2.75) is 95.2 Å². The van der Waals surface area contributed by atoms with Crippen molar-refractivity contribution in [2.75, 3.05) is 14.2 Å². The highest BCUT2D eigenvalue weighted by atomic mass is 19.4. The minimum atomic E-state index is -4.59. The van der Waals surface area contributed by atoms with Gasteiger partial charge in [-0.15, -0.1) is 0 Å². The number of hydrogen-bond donors (Lipinski definition) is 0. The van der Waals surface area contributed by atoms with Gasteiger partial charge in [-0.1, -0.05) is 168 Å². The second-order valence-corrected chi connectivity index (χ2v) is 21.1. The summed E-state index contributed by atoms with van der Waals surface area (Å²) in [6, 6.07) is 50.1. The number of ketones is 1. The van der Waals surface area contributed by atoms with E-state index in [1.807, 2.05) is 109 Å². The van der Waals surface area contributed by atoms with Crippen LogP contribution in [0.1, 0.15) is 133 Å². The van der Waals surface area contributed by atoms with Crippen molar-refractivity contribution in [2.24, 2.45) is 5.92 Å². The molecule has 1 fully saturated rings. The van der Waals surface area contributed by atoms with Gasteiger partial charge in [0.15, 0.2) is 11.4 Å². The standard InChI is InChI=1S/C67H61F3O4/c1-6-7-8-9-42-10-12-43(13-11-42)44-14-16-45(17-15-44)46-18-22-48(23-19-46)63(71)49-24-20-47(21-25-49)50-26-37-60-59(40-50)61-56-36-31-53(67(68,69)70)41-58(56)64-57(62(61)65(60,2)3)38-39-66(74-64,51-27-32-54(72-4)33-28-51)52-29-34-55(73-5)35-30-52/h14-43H,6-13H2,1-5H3. The summed E-state index contributed by atoms with van der Waals surface area (Å²) in [4.78, 5) is 13.9. The average Bonchev–Trinajstić information content (AvgIpc) is 3.69. The summed E-state index contributed by atoms with van der Waals surface area (Å²) < 4.78 is 62.4. The van der Waals surface area contributed by atoms with E-state index < -0.39 is 22.8 Å². The van der Waals surface area contributed by atoms with Crippen LogP contribution in [-0.2, 0) is 17.2 Å². The van der Waals surface area contributed by atoms with Gasteiger partial charge in [0.05, 0.1) is 19.8 Å². The lowest BCUT2D eigenvalue weighted by Gasteiger charge is -2.38. The maximum atomic E-state index is 14.7. The van der Waals surface area contributed by atoms with E-state index in [1.54, 1.807) is 20.3 Å². The molecule has 1 saturated carbocycles. The van der Waals surface area contributed by atoms with Crippen LogP contribution < -0.4 is 14.2 Å². The van der Waals surface area contributed by atoms with Gasteiger partial charge in [0.25, 0.3) is 0 Å². The molecular formula is C67H61F3O4. The molecule has 0 radical (unpaired) electrons. The molecule has 0 saturated heterocycles. The predicted molar refractivity (Wildman–Crippen MR) is 293 cm³/mol. The number of carbonyl (C=O) groups excluding carboxylic acids is 1. The molecule has 1 aliphatic heterocycles. The number of methoxy groups -OCH3 is 2. The molecule has 0 N–H and O–H groups in total. The minimum Gasteiger partial charge on any atom is -0.497 e. The first-order valence-corrected chi connectivity index (χ1v) is 26.2. The highest BCUT2D eigenvalue weighted by Crippen LogP contribution is 2.59. The zero-order valence-corrected chi connectivity index (χ0v) is 42.7. The Morgan fingerprint density at radius 3 is 1.74 bits per heavy atom. The Morgan fingerprint density at radius 2 is 1.19 bits per heavy atom. The van der Waals surface area contributed by atoms with Crippen LogP contribution in [0.3, 0.4) is 0 Å². The zero-order chi connectivity index (χ0) is 51.4. The SMILES string of the molecule is CCCCCC1CCC(c2ccc(-c3ccc(C(=O)c4ccc(-c5ccc6c(c5)-c5c(c7c(c8cc(C(F)(F)F)ccc58)OC(c5ccc(OC)cc5)(c5ccc(OC)cc5)C=C7)C6(C)C)cc4)cc3)cc2)CC1. The van der Waals surface area contributed by atoms with Crippen molar-refractivity contribution in [3.8, 4) is 50.6 Å². The van der Waals surface area contributed by atoms with E-state index in [9.17, 15) is 18.0 Å². The van der Waals surface area contributed by atoms with Crippen molar-refractivity contribution in [3.63, 3.8) is 0 Å². The molecule has 3 aliphatic rings. The minimum absolute atomic E-state index is 0.0545. The van der Waals surface area contributed by atoms with Crippen molar-refractivity contribution in [3.05, 3.63) is 214 Å². The predicted octanol–water partition coefficient (Wildman–Crippen LogP) is 18.0. The Labute approximate surface area is 432 Å². The van der Waals surface area contributed by atoms with Crippen molar-refractivity contribution < 1.29 is 32.2 Å². The zero-order valence-electron chi connectivity index (χ0n) is 42.7. The maximum Gasteiger partial charge on any atom is 0.416 e. The van der Waals surface area contributed by atoms with Crippen LogP contribution in [0.4, 0.5) is 13.2 Å². The summed E-state index contributed by atoms with van der Waals surface area (Å²) in [5, 5.41) is 1.03. The molecule has 0 bridgehead atoms. The highest BCUT2D eigenvalue weighted by molar-refractivity contribution is 6.10. The number of unbranched alkanes of at least 4 members (excludes halogenated alkanes) is 2. The van der Waals surface area contributed by atoms with E-state index in [1.165, 1.54) is 69.1 Å². The monoisotopic (exact) mass is 986 g/mol. The number of ether oxygens (including phenoxy) is 3. The molecule has 0 unspecified atom stereocenters. The quantitative estimate of drug-likeness (QED) is 0.0853. The number of hydrogen-bond acceptors (Lipinski definition) is 4. The van der Waals surface area contributed by atoms with E-state index in [0.29, 0.717) is 45.1 Å². The van der Waals surface area contributed by atoms with Crippen LogP contribution in [0.5, 0.6) is 17.2 Å². The van der Waals surface area contributed by atoms with Gasteiger partial charge in [0.1, 0.15) is 17.2 Å². The number of carbonyl (C=O) groups is 1. The molecule has 4 nitrogen and oxygen atoms in total. The fourth-order valence-corrected chi connectivity index (χ4v) is 12.2. The van der Waals surface area contributed by atoms with E-state index in [0.717, 1.165) is 67.1 Å². The number of rotatable bonds is 13. The third-order valence-corrected chi connectivity index (χ3v) is 16.4. The normalized spacial score (nSPS) is 17.2. The Hall–Kier alpha value is -7.38. The fraction of sp³-hybridized carbons (Fsp3) is 0.269. The summed E-state index contributed by atoms with van der Waals surface area (Å²) >= 11 is 0. The van der Waals surface area contributed by atoms with Crippen molar-refractivity contribution >= 4 is 22.6 Å². The lowest BCUT2D eigenvalue weighted by atomic mass is 9.76. The van der Waals surface area contributed by atoms with Gasteiger partial charge in [-0.05, 0) is 142 Å². The Balaban J connectivity index is 0.891. The average molecular weight is 987 g/mol. The first kappa shape index (κ1) is 48.9. The van der Waals surface area contributed by atoms with Crippen LogP contribution in [0.2, 0.25) is 0 Å². The van der Waals surface area contributed by atoms with Crippen molar-refractivity contribution in [1.82, 2.24) is 0 Å². The first-order chi connectivity index (χ1) is 35.8. The molecule has 74 heavy (non-hydrogen) atoms. The van der Waals surface area contributed by atoms with E-state index in [2.05, 4.69) is 63.2 Å². The van der Waals surface area contributed by atoms with Gasteiger partial charge in [0, 0.05) is 38.6 Å². The molecule has 1 heterocycles. The van der Waals surface area contributed by atoms with Crippen LogP contribution in [0.25, 0.3) is 50.2 Å². The molecule has 0 aromatic heterocycles. The van der Waals surface area contributed by atoms with Gasteiger partial charge >= 0.3 is 6.18 Å². The highest BCUT2D eigenvalue weighted by Gasteiger charge is 2.45. The molecule has 374 valence electrons. The van der Waals surface area contributed by atoms with Crippen LogP contribution in [-0.4, -0.2) is 20.0 Å². The van der Waals surface area contributed by atoms with Gasteiger partial charge in [-0.25, -0.2) is 0 Å². The maximum absolute atomic E-state index is 14.7. The third kappa shape index (κ3) is 8.78. The third-order valence-electron chi connectivity index (χ3n) is 16.4. The molecular weight excluding hydrogens is 926 g/mol. The second kappa shape index (κ2) is 19.5. The molecule has 2 aliphatic carbocycles. The van der Waals surface area contributed by atoms with E-state index in [-0.39, 0.29) is 5.78 Å². The summed E-state index contributed by atoms with van der Waals surface area (Å²) in [6.07, 6.45) is 10.1. The summed E-state index contributed by atoms with van der Waals surface area (Å²) in [6.45, 7) is 6.61. The molecule has 8 aromatic rings. The number of alkyl halides is 3. The molecule has 8 aromatic carbocycles. The smallest absolute Gasteiger partial charge is 0.416 e. The van der Waals surface area contributed by atoms with Crippen LogP contribution in [0, 0.1) is 5.92 Å². The summed E-state index contributed by atoms with van der Waals surface area (Å²) in [5.74, 6) is 3.19.